The van der Waals surface area contributed by atoms with Crippen molar-refractivity contribution in [3.63, 3.8) is 0 Å². The number of benzene rings is 2. The Bertz CT molecular complexity index is 966. The summed E-state index contributed by atoms with van der Waals surface area (Å²) in [5.41, 5.74) is 1.98. The summed E-state index contributed by atoms with van der Waals surface area (Å²) < 4.78 is 5.96. The summed E-state index contributed by atoms with van der Waals surface area (Å²) in [6.07, 6.45) is 1.51. The van der Waals surface area contributed by atoms with Gasteiger partial charge in [0.2, 0.25) is 0 Å². The lowest BCUT2D eigenvalue weighted by molar-refractivity contribution is 0.471. The molecule has 2 aromatic carbocycles. The minimum absolute atomic E-state index is 0.104. The van der Waals surface area contributed by atoms with Crippen LogP contribution in [0.2, 0.25) is 5.02 Å². The highest BCUT2D eigenvalue weighted by molar-refractivity contribution is 6.33. The van der Waals surface area contributed by atoms with Crippen LogP contribution in [0.4, 0.5) is 0 Å². The molecule has 0 amide bonds. The van der Waals surface area contributed by atoms with Gasteiger partial charge in [0.15, 0.2) is 0 Å². The third-order valence-electron chi connectivity index (χ3n) is 4.12. The van der Waals surface area contributed by atoms with Crippen molar-refractivity contribution in [3.05, 3.63) is 95.2 Å². The van der Waals surface area contributed by atoms with Gasteiger partial charge in [0.1, 0.15) is 23.7 Å². The lowest BCUT2D eigenvalue weighted by Gasteiger charge is -2.16. The Balaban J connectivity index is 1.53. The van der Waals surface area contributed by atoms with Crippen LogP contribution in [0.5, 0.6) is 0 Å². The molecule has 4 rings (SSSR count). The van der Waals surface area contributed by atoms with Gasteiger partial charge in [-0.2, -0.15) is 5.10 Å². The van der Waals surface area contributed by atoms with Crippen molar-refractivity contribution < 1.29 is 4.42 Å². The molecule has 2 heterocycles. The fraction of sp³-hybridized carbons (Fsp3) is 0.100. The molecule has 6 heteroatoms. The highest BCUT2D eigenvalue weighted by Gasteiger charge is 2.17. The molecule has 1 atom stereocenters. The van der Waals surface area contributed by atoms with E-state index in [1.165, 1.54) is 6.33 Å². The van der Waals surface area contributed by atoms with Gasteiger partial charge >= 0.3 is 0 Å². The van der Waals surface area contributed by atoms with Crippen LogP contribution >= 0.6 is 11.6 Å². The SMILES string of the molecule is Clc1ccccc1-c1ccc(CNC(c2ccccc2)c2ncn[nH]2)o1. The molecule has 0 aliphatic rings. The van der Waals surface area contributed by atoms with Crippen molar-refractivity contribution in [2.75, 3.05) is 0 Å². The number of hydrogen-bond acceptors (Lipinski definition) is 4. The second-order valence-corrected chi connectivity index (χ2v) is 6.25. The number of hydrogen-bond donors (Lipinski definition) is 2. The van der Waals surface area contributed by atoms with E-state index in [2.05, 4.69) is 32.6 Å². The zero-order valence-corrected chi connectivity index (χ0v) is 14.6. The first-order valence-corrected chi connectivity index (χ1v) is 8.66. The van der Waals surface area contributed by atoms with Crippen molar-refractivity contribution in [2.45, 2.75) is 12.6 Å². The van der Waals surface area contributed by atoms with E-state index in [0.29, 0.717) is 11.6 Å². The fourth-order valence-electron chi connectivity index (χ4n) is 2.85. The second-order valence-electron chi connectivity index (χ2n) is 5.84. The van der Waals surface area contributed by atoms with Gasteiger partial charge in [-0.15, -0.1) is 0 Å². The van der Waals surface area contributed by atoms with Gasteiger partial charge in [0.05, 0.1) is 17.6 Å². The Hall–Kier alpha value is -2.89. The summed E-state index contributed by atoms with van der Waals surface area (Å²) in [7, 11) is 0. The average molecular weight is 365 g/mol. The van der Waals surface area contributed by atoms with Crippen LogP contribution in [0.3, 0.4) is 0 Å². The molecule has 0 radical (unpaired) electrons. The summed E-state index contributed by atoms with van der Waals surface area (Å²) in [5.74, 6) is 2.33. The van der Waals surface area contributed by atoms with Crippen LogP contribution in [0, 0.1) is 0 Å². The van der Waals surface area contributed by atoms with Crippen LogP contribution in [0.1, 0.15) is 23.2 Å². The number of H-pyrrole nitrogens is 1. The fourth-order valence-corrected chi connectivity index (χ4v) is 3.08. The van der Waals surface area contributed by atoms with Crippen molar-refractivity contribution >= 4 is 11.6 Å². The quantitative estimate of drug-likeness (QED) is 0.524. The van der Waals surface area contributed by atoms with Crippen molar-refractivity contribution in [1.29, 1.82) is 0 Å². The number of rotatable bonds is 6. The first kappa shape index (κ1) is 16.6. The van der Waals surface area contributed by atoms with Crippen molar-refractivity contribution in [3.8, 4) is 11.3 Å². The van der Waals surface area contributed by atoms with Gasteiger partial charge in [0.25, 0.3) is 0 Å². The van der Waals surface area contributed by atoms with Gasteiger partial charge in [-0.25, -0.2) is 4.98 Å². The summed E-state index contributed by atoms with van der Waals surface area (Å²) in [6.45, 7) is 0.546. The number of furan rings is 1. The van der Waals surface area contributed by atoms with Gasteiger partial charge in [-0.1, -0.05) is 54.1 Å². The molecule has 5 nitrogen and oxygen atoms in total. The van der Waals surface area contributed by atoms with Gasteiger partial charge in [0, 0.05) is 5.56 Å². The molecule has 2 N–H and O–H groups in total. The van der Waals surface area contributed by atoms with Crippen LogP contribution in [-0.4, -0.2) is 15.2 Å². The predicted octanol–water partition coefficient (Wildman–Crippen LogP) is 4.60. The molecule has 26 heavy (non-hydrogen) atoms. The Morgan fingerprint density at radius 3 is 2.58 bits per heavy atom. The van der Waals surface area contributed by atoms with E-state index in [-0.39, 0.29) is 6.04 Å². The van der Waals surface area contributed by atoms with E-state index in [1.54, 1.807) is 0 Å². The van der Waals surface area contributed by atoms with Crippen LogP contribution < -0.4 is 5.32 Å². The number of aromatic nitrogens is 3. The molecule has 2 aromatic heterocycles. The maximum Gasteiger partial charge on any atom is 0.145 e. The second kappa shape index (κ2) is 7.56. The van der Waals surface area contributed by atoms with E-state index < -0.39 is 0 Å². The number of halogens is 1. The number of nitrogens with one attached hydrogen (secondary N) is 2. The van der Waals surface area contributed by atoms with Gasteiger partial charge < -0.3 is 4.42 Å². The van der Waals surface area contributed by atoms with E-state index in [4.69, 9.17) is 16.0 Å². The Morgan fingerprint density at radius 2 is 1.81 bits per heavy atom. The molecule has 0 fully saturated rings. The summed E-state index contributed by atoms with van der Waals surface area (Å²) in [6, 6.07) is 21.5. The van der Waals surface area contributed by atoms with Gasteiger partial charge in [-0.05, 0) is 29.8 Å². The zero-order chi connectivity index (χ0) is 17.8. The standard InChI is InChI=1S/C20H17ClN4O/c21-17-9-5-4-8-16(17)18-11-10-15(26-18)12-22-19(20-23-13-24-25-20)14-6-2-1-3-7-14/h1-11,13,19,22H,12H2,(H,23,24,25). The average Bonchev–Trinajstić information content (AvgIpc) is 3.36. The minimum Gasteiger partial charge on any atom is -0.460 e. The number of aromatic amines is 1. The van der Waals surface area contributed by atoms with Gasteiger partial charge in [-0.3, -0.25) is 10.4 Å². The first-order valence-electron chi connectivity index (χ1n) is 8.28. The molecule has 4 aromatic rings. The monoisotopic (exact) mass is 364 g/mol. The lowest BCUT2D eigenvalue weighted by Crippen LogP contribution is -2.23. The van der Waals surface area contributed by atoms with E-state index in [9.17, 15) is 0 Å². The summed E-state index contributed by atoms with van der Waals surface area (Å²) in [4.78, 5) is 4.29. The maximum atomic E-state index is 6.25. The Labute approximate surface area is 156 Å². The largest absolute Gasteiger partial charge is 0.460 e. The van der Waals surface area contributed by atoms with Crippen molar-refractivity contribution in [2.24, 2.45) is 0 Å². The predicted molar refractivity (Wildman–Crippen MR) is 101 cm³/mol. The minimum atomic E-state index is -0.104. The number of nitrogens with zero attached hydrogens (tertiary/aromatic N) is 2. The highest BCUT2D eigenvalue weighted by atomic mass is 35.5. The molecule has 0 saturated carbocycles. The van der Waals surface area contributed by atoms with Crippen molar-refractivity contribution in [1.82, 2.24) is 20.5 Å². The zero-order valence-electron chi connectivity index (χ0n) is 13.9. The highest BCUT2D eigenvalue weighted by Crippen LogP contribution is 2.29. The smallest absolute Gasteiger partial charge is 0.145 e. The molecule has 130 valence electrons. The normalized spacial score (nSPS) is 12.2. The van der Waals surface area contributed by atoms with Crippen LogP contribution in [-0.2, 0) is 6.54 Å². The van der Waals surface area contributed by atoms with E-state index in [0.717, 1.165) is 28.5 Å². The maximum absolute atomic E-state index is 6.25. The molecule has 0 spiro atoms. The first-order chi connectivity index (χ1) is 12.8. The summed E-state index contributed by atoms with van der Waals surface area (Å²) >= 11 is 6.25. The molecular weight excluding hydrogens is 348 g/mol. The Morgan fingerprint density at radius 1 is 1.00 bits per heavy atom. The lowest BCUT2D eigenvalue weighted by atomic mass is 10.1. The third kappa shape index (κ3) is 3.54. The Kier molecular flexibility index (Phi) is 4.82. The molecule has 0 bridgehead atoms. The third-order valence-corrected chi connectivity index (χ3v) is 4.45. The van der Waals surface area contributed by atoms with Crippen LogP contribution in [0.25, 0.3) is 11.3 Å². The molecule has 0 aliphatic heterocycles. The molecule has 1 unspecified atom stereocenters. The van der Waals surface area contributed by atoms with E-state index >= 15 is 0 Å². The topological polar surface area (TPSA) is 66.7 Å². The molecule has 0 saturated heterocycles. The summed E-state index contributed by atoms with van der Waals surface area (Å²) in [5, 5.41) is 11.0. The van der Waals surface area contributed by atoms with Crippen LogP contribution in [0.15, 0.2) is 77.5 Å². The molecule has 0 aliphatic carbocycles. The molecular formula is C20H17ClN4O. The van der Waals surface area contributed by atoms with E-state index in [1.807, 2.05) is 54.6 Å².